The van der Waals surface area contributed by atoms with Crippen LogP contribution in [-0.2, 0) is 47.7 Å². The maximum atomic E-state index is 12.9. The molecule has 0 aliphatic heterocycles. The summed E-state index contributed by atoms with van der Waals surface area (Å²) in [5.74, 6) is -0.729. The normalized spacial score (nSPS) is 14.5. The van der Waals surface area contributed by atoms with Gasteiger partial charge in [0, 0.05) is 31.5 Å². The van der Waals surface area contributed by atoms with Crippen molar-refractivity contribution in [3.63, 3.8) is 0 Å². The molecule has 0 spiro atoms. The first kappa shape index (κ1) is 44.5. The fourth-order valence-corrected chi connectivity index (χ4v) is 4.28. The predicted molar refractivity (Wildman–Crippen MR) is 182 cm³/mol. The van der Waals surface area contributed by atoms with Gasteiger partial charge in [-0.1, -0.05) is 46.8 Å². The SMILES string of the molecule is C=CC(=O)C(C)OCCCCCC(=O)C(C)OCC(C)(C)COC(=O)C(C)(C)COC(CC)C(=O)CCCCCOC(C)C(=O)C=C. The Morgan fingerprint density at radius 3 is 1.57 bits per heavy atom. The number of hydrogen-bond acceptors (Lipinski definition) is 10. The van der Waals surface area contributed by atoms with Gasteiger partial charge in [-0.15, -0.1) is 0 Å². The summed E-state index contributed by atoms with van der Waals surface area (Å²) in [6.07, 6.45) is 6.07. The van der Waals surface area contributed by atoms with Crippen LogP contribution in [0.5, 0.6) is 0 Å². The van der Waals surface area contributed by atoms with Crippen molar-refractivity contribution in [2.75, 3.05) is 33.0 Å². The van der Waals surface area contributed by atoms with E-state index >= 15 is 0 Å². The third-order valence-electron chi connectivity index (χ3n) is 7.77. The maximum absolute atomic E-state index is 12.9. The highest BCUT2D eigenvalue weighted by Crippen LogP contribution is 2.24. The van der Waals surface area contributed by atoms with Crippen LogP contribution in [0.1, 0.15) is 113 Å². The molecule has 0 bridgehead atoms. The quantitative estimate of drug-likeness (QED) is 0.0485. The van der Waals surface area contributed by atoms with E-state index in [1.165, 1.54) is 12.2 Å². The minimum absolute atomic E-state index is 0.00432. The van der Waals surface area contributed by atoms with Crippen LogP contribution in [-0.4, -0.2) is 86.6 Å². The number of carbonyl (C=O) groups excluding carboxylic acids is 5. The number of unbranched alkanes of at least 4 members (excludes halogenated alkanes) is 4. The average molecular weight is 667 g/mol. The number of hydrogen-bond donors (Lipinski definition) is 0. The first-order valence-electron chi connectivity index (χ1n) is 17.0. The van der Waals surface area contributed by atoms with Crippen LogP contribution in [0, 0.1) is 10.8 Å². The van der Waals surface area contributed by atoms with Crippen LogP contribution in [0.2, 0.25) is 0 Å². The highest BCUT2D eigenvalue weighted by molar-refractivity contribution is 5.93. The lowest BCUT2D eigenvalue weighted by atomic mass is 9.93. The van der Waals surface area contributed by atoms with E-state index < -0.39 is 41.2 Å². The van der Waals surface area contributed by atoms with Gasteiger partial charge in [0.2, 0.25) is 0 Å². The van der Waals surface area contributed by atoms with Gasteiger partial charge in [-0.05, 0) is 78.9 Å². The summed E-state index contributed by atoms with van der Waals surface area (Å²) in [6, 6.07) is 0. The molecular weight excluding hydrogens is 604 g/mol. The zero-order valence-electron chi connectivity index (χ0n) is 30.4. The Morgan fingerprint density at radius 2 is 1.11 bits per heavy atom. The van der Waals surface area contributed by atoms with E-state index in [1.807, 2.05) is 20.8 Å². The standard InChI is InChI=1S/C37H62O10/c1-11-30(38)27(4)43-22-18-14-16-20-32(40)29(6)45-24-36(7,8)25-47-35(42)37(9,10)26-46-34(13-3)33(41)21-17-15-19-23-44-28(5)31(39)12-2/h11-12,27-29,34H,1-2,13-26H2,3-10H3. The monoisotopic (exact) mass is 666 g/mol. The summed E-state index contributed by atoms with van der Waals surface area (Å²) in [5, 5.41) is 0. The number of rotatable bonds is 30. The van der Waals surface area contributed by atoms with Crippen molar-refractivity contribution in [3.8, 4) is 0 Å². The van der Waals surface area contributed by atoms with Gasteiger partial charge in [0.1, 0.15) is 24.4 Å². The van der Waals surface area contributed by atoms with Crippen LogP contribution in [0.3, 0.4) is 0 Å². The van der Waals surface area contributed by atoms with E-state index in [-0.39, 0.29) is 43.0 Å². The zero-order chi connectivity index (χ0) is 36.0. The second-order valence-electron chi connectivity index (χ2n) is 13.6. The maximum Gasteiger partial charge on any atom is 0.313 e. The molecular formula is C37H62O10. The molecule has 0 amide bonds. The van der Waals surface area contributed by atoms with E-state index in [1.54, 1.807) is 34.6 Å². The average Bonchev–Trinajstić information content (AvgIpc) is 3.04. The molecule has 0 aromatic rings. The number of ether oxygens (including phenoxy) is 5. The minimum atomic E-state index is -0.963. The Kier molecular flexibility index (Phi) is 22.5. The van der Waals surface area contributed by atoms with E-state index in [2.05, 4.69) is 13.2 Å². The number of carbonyl (C=O) groups is 5. The van der Waals surface area contributed by atoms with Gasteiger partial charge in [0.05, 0.1) is 25.2 Å². The minimum Gasteiger partial charge on any atom is -0.465 e. The molecule has 10 heteroatoms. The van der Waals surface area contributed by atoms with Crippen molar-refractivity contribution in [2.45, 2.75) is 138 Å². The fourth-order valence-electron chi connectivity index (χ4n) is 4.28. The second kappa shape index (κ2) is 23.7. The van der Waals surface area contributed by atoms with Gasteiger partial charge in [-0.2, -0.15) is 0 Å². The number of esters is 1. The van der Waals surface area contributed by atoms with Gasteiger partial charge in [0.25, 0.3) is 0 Å². The lowest BCUT2D eigenvalue weighted by Gasteiger charge is -2.29. The first-order valence-corrected chi connectivity index (χ1v) is 17.0. The summed E-state index contributed by atoms with van der Waals surface area (Å²) in [6.45, 7) is 22.4. The van der Waals surface area contributed by atoms with E-state index in [0.717, 1.165) is 25.7 Å². The van der Waals surface area contributed by atoms with Gasteiger partial charge < -0.3 is 23.7 Å². The highest BCUT2D eigenvalue weighted by atomic mass is 16.5. The van der Waals surface area contributed by atoms with E-state index in [4.69, 9.17) is 23.7 Å². The first-order chi connectivity index (χ1) is 22.0. The van der Waals surface area contributed by atoms with Crippen LogP contribution in [0.4, 0.5) is 0 Å². The summed E-state index contributed by atoms with van der Waals surface area (Å²) < 4.78 is 28.3. The molecule has 0 aromatic heterocycles. The van der Waals surface area contributed by atoms with Crippen molar-refractivity contribution in [1.29, 1.82) is 0 Å². The van der Waals surface area contributed by atoms with Crippen molar-refractivity contribution in [3.05, 3.63) is 25.3 Å². The molecule has 4 atom stereocenters. The third kappa shape index (κ3) is 19.8. The van der Waals surface area contributed by atoms with Crippen LogP contribution >= 0.6 is 0 Å². The molecule has 0 saturated carbocycles. The van der Waals surface area contributed by atoms with Gasteiger partial charge in [0.15, 0.2) is 23.1 Å². The van der Waals surface area contributed by atoms with E-state index in [0.29, 0.717) is 45.3 Å². The number of Topliss-reactive ketones (excluding diaryl/α,β-unsaturated/α-hetero) is 2. The molecule has 0 saturated heterocycles. The molecule has 4 unspecified atom stereocenters. The Hall–Kier alpha value is -2.53. The molecule has 0 heterocycles. The summed E-state index contributed by atoms with van der Waals surface area (Å²) in [7, 11) is 0. The van der Waals surface area contributed by atoms with Crippen molar-refractivity contribution >= 4 is 29.1 Å². The van der Waals surface area contributed by atoms with Crippen LogP contribution in [0.15, 0.2) is 25.3 Å². The summed E-state index contributed by atoms with van der Waals surface area (Å²) in [5.41, 5.74) is -1.49. The fraction of sp³-hybridized carbons (Fsp3) is 0.757. The summed E-state index contributed by atoms with van der Waals surface area (Å²) >= 11 is 0. The van der Waals surface area contributed by atoms with Crippen molar-refractivity contribution in [1.82, 2.24) is 0 Å². The summed E-state index contributed by atoms with van der Waals surface area (Å²) in [4.78, 5) is 61.1. The molecule has 0 aromatic carbocycles. The second-order valence-corrected chi connectivity index (χ2v) is 13.6. The van der Waals surface area contributed by atoms with Gasteiger partial charge in [-0.25, -0.2) is 0 Å². The topological polar surface area (TPSA) is 132 Å². The third-order valence-corrected chi connectivity index (χ3v) is 7.77. The van der Waals surface area contributed by atoms with Crippen LogP contribution in [0.25, 0.3) is 0 Å². The van der Waals surface area contributed by atoms with Crippen molar-refractivity contribution in [2.24, 2.45) is 10.8 Å². The highest BCUT2D eigenvalue weighted by Gasteiger charge is 2.34. The van der Waals surface area contributed by atoms with Crippen LogP contribution < -0.4 is 0 Å². The lowest BCUT2D eigenvalue weighted by Crippen LogP contribution is -2.38. The Morgan fingerprint density at radius 1 is 0.617 bits per heavy atom. The molecule has 47 heavy (non-hydrogen) atoms. The molecule has 270 valence electrons. The van der Waals surface area contributed by atoms with E-state index in [9.17, 15) is 24.0 Å². The Balaban J connectivity index is 4.41. The smallest absolute Gasteiger partial charge is 0.313 e. The molecule has 0 N–H and O–H groups in total. The zero-order valence-corrected chi connectivity index (χ0v) is 30.4. The largest absolute Gasteiger partial charge is 0.465 e. The number of ketones is 4. The van der Waals surface area contributed by atoms with Crippen molar-refractivity contribution < 1.29 is 47.7 Å². The molecule has 0 radical (unpaired) electrons. The Bertz CT molecular complexity index is 999. The Labute approximate surface area is 283 Å². The van der Waals surface area contributed by atoms with Gasteiger partial charge >= 0.3 is 5.97 Å². The molecule has 0 aliphatic carbocycles. The van der Waals surface area contributed by atoms with Gasteiger partial charge in [-0.3, -0.25) is 24.0 Å². The predicted octanol–water partition coefficient (Wildman–Crippen LogP) is 6.36. The molecule has 0 rings (SSSR count). The molecule has 0 aliphatic rings. The molecule has 0 fully saturated rings. The lowest BCUT2D eigenvalue weighted by molar-refractivity contribution is -0.165. The molecule has 10 nitrogen and oxygen atoms in total.